The van der Waals surface area contributed by atoms with Gasteiger partial charge in [0.25, 0.3) is 0 Å². The summed E-state index contributed by atoms with van der Waals surface area (Å²) in [6.45, 7) is 2.49. The van der Waals surface area contributed by atoms with Gasteiger partial charge in [0.05, 0.1) is 25.6 Å². The molecule has 2 fully saturated rings. The first-order valence-corrected chi connectivity index (χ1v) is 18.0. The summed E-state index contributed by atoms with van der Waals surface area (Å²) in [5, 5.41) is 15.3. The smallest absolute Gasteiger partial charge is 0.328 e. The van der Waals surface area contributed by atoms with Gasteiger partial charge in [-0.1, -0.05) is 72.8 Å². The number of nitrogens with one attached hydrogen (secondary N) is 1. The molecule has 6 unspecified atom stereocenters. The Balaban J connectivity index is 1.31. The van der Waals surface area contributed by atoms with Crippen molar-refractivity contribution in [3.63, 3.8) is 0 Å². The fourth-order valence-corrected chi connectivity index (χ4v) is 9.35. The second-order valence-electron chi connectivity index (χ2n) is 11.8. The maximum Gasteiger partial charge on any atom is 0.328 e. The molecule has 13 heteroatoms. The Bertz CT molecular complexity index is 1850. The lowest BCUT2D eigenvalue weighted by atomic mass is 9.77. The molecule has 4 heterocycles. The van der Waals surface area contributed by atoms with Crippen molar-refractivity contribution < 1.29 is 28.2 Å². The normalized spacial score (nSPS) is 26.0. The number of ether oxygens (including phenoxy) is 2. The summed E-state index contributed by atoms with van der Waals surface area (Å²) in [6, 6.07) is 28.3. The Hall–Kier alpha value is -3.74. The Morgan fingerprint density at radius 2 is 1.53 bits per heavy atom. The Labute approximate surface area is 278 Å². The number of methoxy groups -OCH3 is 1. The van der Waals surface area contributed by atoms with Gasteiger partial charge in [-0.25, -0.2) is 15.0 Å². The van der Waals surface area contributed by atoms with Crippen LogP contribution < -0.4 is 10.1 Å². The van der Waals surface area contributed by atoms with Gasteiger partial charge in [-0.15, -0.1) is 0 Å². The summed E-state index contributed by atoms with van der Waals surface area (Å²) in [7, 11) is 1.65. The van der Waals surface area contributed by atoms with Crippen LogP contribution in [0.4, 0.5) is 5.82 Å². The zero-order chi connectivity index (χ0) is 32.8. The van der Waals surface area contributed by atoms with Gasteiger partial charge in [-0.05, 0) is 61.4 Å². The number of anilines is 1. The van der Waals surface area contributed by atoms with Crippen LogP contribution in [0.15, 0.2) is 97.6 Å². The second-order valence-corrected chi connectivity index (χ2v) is 14.7. The second kappa shape index (κ2) is 12.7. The summed E-state index contributed by atoms with van der Waals surface area (Å²) in [5.74, 6) is 1.24. The third-order valence-electron chi connectivity index (χ3n) is 8.47. The molecule has 2 aromatic heterocycles. The van der Waals surface area contributed by atoms with Crippen molar-refractivity contribution in [2.24, 2.45) is 0 Å². The number of nitrogens with zero attached hydrogens (tertiary/aromatic N) is 4. The van der Waals surface area contributed by atoms with E-state index in [0.717, 1.165) is 22.4 Å². The molecule has 0 spiro atoms. The number of imidazole rings is 1. The fraction of sp³-hybridized carbons (Fsp3) is 0.324. The van der Waals surface area contributed by atoms with Crippen LogP contribution in [-0.2, 0) is 35.7 Å². The van der Waals surface area contributed by atoms with Crippen molar-refractivity contribution in [2.75, 3.05) is 12.4 Å². The molecular formula is C34H36N5O6PS. The van der Waals surface area contributed by atoms with Gasteiger partial charge in [0, 0.05) is 0 Å². The highest BCUT2D eigenvalue weighted by Gasteiger charge is 2.55. The first-order valence-electron chi connectivity index (χ1n) is 15.4. The number of hydrogen-bond donors (Lipinski definition) is 2. The summed E-state index contributed by atoms with van der Waals surface area (Å²) in [4.78, 5) is 14.0. The number of aliphatic hydroxyl groups is 1. The highest BCUT2D eigenvalue weighted by molar-refractivity contribution is 8.07. The minimum atomic E-state index is -3.08. The standard InChI is InChI=1S/C34H36N5O6PS/c1-21(2)43-46(47)44-22(3)29-30(45-46)28(40)33(42-29)39-20-37-27-31(35-19-36-32(27)39)38-34(23-11-7-5-8-12-23,24-13-9-6-10-14-24)25-15-17-26(41-4)18-16-25/h5-22,28-30,33,40H,1-4H3,(H,35,36,38). The molecule has 0 bridgehead atoms. The summed E-state index contributed by atoms with van der Waals surface area (Å²) in [5.41, 5.74) is 3.04. The van der Waals surface area contributed by atoms with E-state index in [1.165, 1.54) is 6.33 Å². The molecular weight excluding hydrogens is 637 g/mol. The number of hydrogen-bond acceptors (Lipinski definition) is 11. The minimum absolute atomic E-state index is 0.197. The Morgan fingerprint density at radius 3 is 2.15 bits per heavy atom. The fourth-order valence-electron chi connectivity index (χ4n) is 6.39. The monoisotopic (exact) mass is 673 g/mol. The molecule has 7 rings (SSSR count). The minimum Gasteiger partial charge on any atom is -0.497 e. The predicted molar refractivity (Wildman–Crippen MR) is 181 cm³/mol. The molecule has 2 saturated heterocycles. The Kier molecular flexibility index (Phi) is 8.60. The van der Waals surface area contributed by atoms with Crippen LogP contribution in [0.3, 0.4) is 0 Å². The average molecular weight is 674 g/mol. The predicted octanol–water partition coefficient (Wildman–Crippen LogP) is 5.95. The quantitative estimate of drug-likeness (QED) is 0.143. The van der Waals surface area contributed by atoms with Gasteiger partial charge < -0.3 is 28.9 Å². The molecule has 0 amide bonds. The maximum atomic E-state index is 11.5. The molecule has 2 aliphatic rings. The van der Waals surface area contributed by atoms with E-state index >= 15 is 0 Å². The van der Waals surface area contributed by atoms with Crippen molar-refractivity contribution in [3.05, 3.63) is 114 Å². The summed E-state index contributed by atoms with van der Waals surface area (Å²) < 4.78 is 31.5. The van der Waals surface area contributed by atoms with Crippen molar-refractivity contribution >= 4 is 35.5 Å². The summed E-state index contributed by atoms with van der Waals surface area (Å²) in [6.07, 6.45) is -0.841. The van der Waals surface area contributed by atoms with Crippen molar-refractivity contribution in [1.29, 1.82) is 0 Å². The molecule has 0 saturated carbocycles. The van der Waals surface area contributed by atoms with Gasteiger partial charge in [0.1, 0.15) is 35.9 Å². The van der Waals surface area contributed by atoms with E-state index in [0.29, 0.717) is 17.0 Å². The lowest BCUT2D eigenvalue weighted by Gasteiger charge is -2.38. The van der Waals surface area contributed by atoms with Crippen LogP contribution in [0.1, 0.15) is 43.7 Å². The van der Waals surface area contributed by atoms with Crippen LogP contribution in [0.25, 0.3) is 11.2 Å². The van der Waals surface area contributed by atoms with Gasteiger partial charge in [-0.2, -0.15) is 0 Å². The van der Waals surface area contributed by atoms with Crippen molar-refractivity contribution in [3.8, 4) is 5.75 Å². The SMILES string of the molecule is COc1ccc(C(Nc2ncnc3c2ncn3C2OC3C(C)OP(=S)(OC(C)C)OC3C2O)(c2ccccc2)c2ccccc2)cc1. The lowest BCUT2D eigenvalue weighted by Crippen LogP contribution is -2.44. The number of rotatable bonds is 9. The van der Waals surface area contributed by atoms with Gasteiger partial charge in [0.15, 0.2) is 23.2 Å². The third-order valence-corrected chi connectivity index (χ3v) is 11.0. The number of benzene rings is 3. The maximum absolute atomic E-state index is 11.5. The van der Waals surface area contributed by atoms with E-state index in [-0.39, 0.29) is 6.10 Å². The number of aliphatic hydroxyl groups excluding tert-OH is 1. The van der Waals surface area contributed by atoms with Gasteiger partial charge in [0.2, 0.25) is 0 Å². The number of fused-ring (bicyclic) bond motifs is 2. The molecule has 0 aliphatic carbocycles. The molecule has 2 N–H and O–H groups in total. The zero-order valence-electron chi connectivity index (χ0n) is 26.3. The van der Waals surface area contributed by atoms with Crippen molar-refractivity contribution in [2.45, 2.75) is 63.1 Å². The van der Waals surface area contributed by atoms with Gasteiger partial charge in [-0.3, -0.25) is 9.09 Å². The van der Waals surface area contributed by atoms with Crippen LogP contribution >= 0.6 is 6.72 Å². The van der Waals surface area contributed by atoms with Gasteiger partial charge >= 0.3 is 6.72 Å². The van der Waals surface area contributed by atoms with E-state index in [2.05, 4.69) is 34.6 Å². The summed E-state index contributed by atoms with van der Waals surface area (Å²) >= 11 is 5.62. The van der Waals surface area contributed by atoms with Crippen molar-refractivity contribution in [1.82, 2.24) is 19.5 Å². The van der Waals surface area contributed by atoms with Crippen LogP contribution in [-0.4, -0.2) is 62.3 Å². The van der Waals surface area contributed by atoms with E-state index in [9.17, 15) is 5.11 Å². The zero-order valence-corrected chi connectivity index (χ0v) is 28.0. The van der Waals surface area contributed by atoms with Crippen LogP contribution in [0, 0.1) is 0 Å². The highest BCUT2D eigenvalue weighted by atomic mass is 32.5. The molecule has 3 aromatic carbocycles. The third kappa shape index (κ3) is 5.74. The topological polar surface area (TPSA) is 122 Å². The van der Waals surface area contributed by atoms with E-state index in [4.69, 9.17) is 44.8 Å². The first-order chi connectivity index (χ1) is 22.7. The average Bonchev–Trinajstić information content (AvgIpc) is 3.65. The molecule has 0 radical (unpaired) electrons. The molecule has 11 nitrogen and oxygen atoms in total. The van der Waals surface area contributed by atoms with Crippen LogP contribution in [0.2, 0.25) is 0 Å². The lowest BCUT2D eigenvalue weighted by molar-refractivity contribution is -0.0956. The Morgan fingerprint density at radius 1 is 0.894 bits per heavy atom. The molecule has 244 valence electrons. The highest BCUT2D eigenvalue weighted by Crippen LogP contribution is 2.59. The molecule has 2 aliphatic heterocycles. The van der Waals surface area contributed by atoms with E-state index < -0.39 is 42.9 Å². The first kappa shape index (κ1) is 31.8. The largest absolute Gasteiger partial charge is 0.497 e. The van der Waals surface area contributed by atoms with E-state index in [1.54, 1.807) is 18.0 Å². The van der Waals surface area contributed by atoms with E-state index in [1.807, 2.05) is 81.4 Å². The molecule has 6 atom stereocenters. The number of aromatic nitrogens is 4. The molecule has 5 aromatic rings. The van der Waals surface area contributed by atoms with Crippen LogP contribution in [0.5, 0.6) is 5.75 Å². The molecule has 47 heavy (non-hydrogen) atoms.